The van der Waals surface area contributed by atoms with E-state index >= 15 is 0 Å². The van der Waals surface area contributed by atoms with Gasteiger partial charge >= 0.3 is 0 Å². The van der Waals surface area contributed by atoms with Crippen molar-refractivity contribution in [3.63, 3.8) is 0 Å². The number of anilines is 1. The van der Waals surface area contributed by atoms with Crippen LogP contribution in [-0.2, 0) is 11.4 Å². The van der Waals surface area contributed by atoms with Crippen LogP contribution in [0.2, 0.25) is 0 Å². The molecule has 5 rings (SSSR count). The quantitative estimate of drug-likeness (QED) is 0.405. The van der Waals surface area contributed by atoms with Crippen LogP contribution in [0, 0.1) is 12.7 Å². The van der Waals surface area contributed by atoms with Crippen molar-refractivity contribution in [3.05, 3.63) is 95.6 Å². The van der Waals surface area contributed by atoms with Crippen molar-refractivity contribution in [1.82, 2.24) is 10.1 Å². The number of aryl methyl sites for hydroxylation is 1. The van der Waals surface area contributed by atoms with E-state index in [1.54, 1.807) is 12.1 Å². The topological polar surface area (TPSA) is 68.5 Å². The monoisotopic (exact) mass is 443 g/mol. The summed E-state index contributed by atoms with van der Waals surface area (Å²) in [5, 5.41) is 4.08. The third kappa shape index (κ3) is 4.48. The van der Waals surface area contributed by atoms with Crippen LogP contribution in [0.15, 0.2) is 77.3 Å². The van der Waals surface area contributed by atoms with Crippen molar-refractivity contribution in [3.8, 4) is 17.1 Å². The zero-order valence-corrected chi connectivity index (χ0v) is 18.1. The summed E-state index contributed by atoms with van der Waals surface area (Å²) in [7, 11) is 0. The molecule has 0 radical (unpaired) electrons. The first kappa shape index (κ1) is 20.9. The second-order valence-electron chi connectivity index (χ2n) is 8.12. The van der Waals surface area contributed by atoms with E-state index in [-0.39, 0.29) is 23.9 Å². The molecule has 1 amide bonds. The molecule has 33 heavy (non-hydrogen) atoms. The molecule has 1 aromatic heterocycles. The van der Waals surface area contributed by atoms with Crippen molar-refractivity contribution in [2.75, 3.05) is 11.4 Å². The highest BCUT2D eigenvalue weighted by atomic mass is 19.1. The van der Waals surface area contributed by atoms with E-state index in [0.717, 1.165) is 22.4 Å². The molecule has 7 heteroatoms. The molecule has 1 unspecified atom stereocenters. The first-order chi connectivity index (χ1) is 16.1. The lowest BCUT2D eigenvalue weighted by Gasteiger charge is -2.17. The van der Waals surface area contributed by atoms with Gasteiger partial charge in [0.2, 0.25) is 17.6 Å². The van der Waals surface area contributed by atoms with Crippen LogP contribution in [0.25, 0.3) is 11.4 Å². The number of halogens is 1. The molecular weight excluding hydrogens is 421 g/mol. The molecule has 0 bridgehead atoms. The van der Waals surface area contributed by atoms with Crippen molar-refractivity contribution in [1.29, 1.82) is 0 Å². The molecule has 0 N–H and O–H groups in total. The van der Waals surface area contributed by atoms with E-state index in [0.29, 0.717) is 24.9 Å². The van der Waals surface area contributed by atoms with E-state index in [9.17, 15) is 9.18 Å². The summed E-state index contributed by atoms with van der Waals surface area (Å²) in [5.74, 6) is 0.688. The third-order valence-electron chi connectivity index (χ3n) is 5.67. The van der Waals surface area contributed by atoms with Crippen LogP contribution >= 0.6 is 0 Å². The van der Waals surface area contributed by atoms with Gasteiger partial charge in [0.25, 0.3) is 0 Å². The van der Waals surface area contributed by atoms with Crippen LogP contribution in [0.4, 0.5) is 10.1 Å². The Hall–Kier alpha value is -4.00. The average Bonchev–Trinajstić information content (AvgIpc) is 3.46. The van der Waals surface area contributed by atoms with E-state index in [2.05, 4.69) is 10.1 Å². The van der Waals surface area contributed by atoms with E-state index in [1.807, 2.05) is 61.5 Å². The van der Waals surface area contributed by atoms with Gasteiger partial charge in [0.15, 0.2) is 0 Å². The van der Waals surface area contributed by atoms with Gasteiger partial charge in [0, 0.05) is 18.5 Å². The normalized spacial score (nSPS) is 15.8. The fraction of sp³-hybridized carbons (Fsp3) is 0.192. The minimum absolute atomic E-state index is 0.164. The van der Waals surface area contributed by atoms with Crippen molar-refractivity contribution in [2.45, 2.75) is 25.9 Å². The van der Waals surface area contributed by atoms with Gasteiger partial charge in [0.05, 0.1) is 11.6 Å². The number of ether oxygens (including phenoxy) is 1. The van der Waals surface area contributed by atoms with Gasteiger partial charge in [0.1, 0.15) is 18.2 Å². The van der Waals surface area contributed by atoms with E-state index < -0.39 is 5.82 Å². The summed E-state index contributed by atoms with van der Waals surface area (Å²) in [6.45, 7) is 2.59. The molecule has 1 saturated heterocycles. The molecule has 0 aliphatic carbocycles. The predicted octanol–water partition coefficient (Wildman–Crippen LogP) is 5.28. The Morgan fingerprint density at radius 3 is 2.64 bits per heavy atom. The van der Waals surface area contributed by atoms with E-state index in [1.165, 1.54) is 11.0 Å². The van der Waals surface area contributed by atoms with Gasteiger partial charge in [-0.25, -0.2) is 4.39 Å². The van der Waals surface area contributed by atoms with Gasteiger partial charge in [-0.1, -0.05) is 41.6 Å². The average molecular weight is 443 g/mol. The predicted molar refractivity (Wildman–Crippen MR) is 121 cm³/mol. The highest BCUT2D eigenvalue weighted by Crippen LogP contribution is 2.33. The van der Waals surface area contributed by atoms with Gasteiger partial charge in [-0.15, -0.1) is 0 Å². The van der Waals surface area contributed by atoms with Gasteiger partial charge in [-0.05, 0) is 54.4 Å². The molecule has 166 valence electrons. The van der Waals surface area contributed by atoms with Crippen LogP contribution in [0.1, 0.15) is 29.4 Å². The minimum atomic E-state index is -0.412. The lowest BCUT2D eigenvalue weighted by atomic mass is 10.1. The molecule has 3 aromatic carbocycles. The summed E-state index contributed by atoms with van der Waals surface area (Å²) >= 11 is 0. The van der Waals surface area contributed by atoms with Gasteiger partial charge in [-0.2, -0.15) is 4.98 Å². The summed E-state index contributed by atoms with van der Waals surface area (Å²) in [5.41, 5.74) is 2.95. The molecule has 1 atom stereocenters. The Bertz CT molecular complexity index is 1270. The van der Waals surface area contributed by atoms with Gasteiger partial charge in [-0.3, -0.25) is 4.79 Å². The Morgan fingerprint density at radius 1 is 1.09 bits per heavy atom. The molecule has 4 aromatic rings. The zero-order valence-electron chi connectivity index (χ0n) is 18.1. The molecule has 1 aliphatic heterocycles. The Kier molecular flexibility index (Phi) is 5.60. The number of hydrogen-bond acceptors (Lipinski definition) is 5. The molecule has 0 saturated carbocycles. The largest absolute Gasteiger partial charge is 0.489 e. The number of benzene rings is 3. The number of carbonyl (C=O) groups excluding carboxylic acids is 1. The van der Waals surface area contributed by atoms with Crippen molar-refractivity contribution < 1.29 is 18.4 Å². The van der Waals surface area contributed by atoms with Crippen molar-refractivity contribution in [2.24, 2.45) is 0 Å². The van der Waals surface area contributed by atoms with Crippen LogP contribution < -0.4 is 9.64 Å². The van der Waals surface area contributed by atoms with Crippen LogP contribution in [0.5, 0.6) is 5.75 Å². The number of rotatable bonds is 6. The Labute approximate surface area is 190 Å². The maximum Gasteiger partial charge on any atom is 0.232 e. The molecular formula is C26H22FN3O3. The standard InChI is InChI=1S/C26H22FN3O3/c1-17-7-12-23(22(27)13-17)30-15-20(14-24(30)31)26-28-25(29-33-26)19-8-10-21(11-9-19)32-16-18-5-3-2-4-6-18/h2-13,20H,14-16H2,1H3. The first-order valence-corrected chi connectivity index (χ1v) is 10.7. The zero-order chi connectivity index (χ0) is 22.8. The number of carbonyl (C=O) groups is 1. The number of nitrogens with zero attached hydrogens (tertiary/aromatic N) is 3. The van der Waals surface area contributed by atoms with Gasteiger partial charge < -0.3 is 14.2 Å². The highest BCUT2D eigenvalue weighted by molar-refractivity contribution is 5.96. The Morgan fingerprint density at radius 2 is 1.88 bits per heavy atom. The second-order valence-corrected chi connectivity index (χ2v) is 8.12. The fourth-order valence-corrected chi connectivity index (χ4v) is 3.90. The molecule has 0 spiro atoms. The molecule has 1 fully saturated rings. The highest BCUT2D eigenvalue weighted by Gasteiger charge is 2.36. The minimum Gasteiger partial charge on any atom is -0.489 e. The lowest BCUT2D eigenvalue weighted by Crippen LogP contribution is -2.25. The van der Waals surface area contributed by atoms with Crippen LogP contribution in [-0.4, -0.2) is 22.6 Å². The molecule has 2 heterocycles. The van der Waals surface area contributed by atoms with Crippen LogP contribution in [0.3, 0.4) is 0 Å². The van der Waals surface area contributed by atoms with Crippen molar-refractivity contribution >= 4 is 11.6 Å². The molecule has 1 aliphatic rings. The summed E-state index contributed by atoms with van der Waals surface area (Å²) in [4.78, 5) is 18.5. The Balaban J connectivity index is 1.26. The summed E-state index contributed by atoms with van der Waals surface area (Å²) < 4.78 is 25.6. The maximum atomic E-state index is 14.4. The summed E-state index contributed by atoms with van der Waals surface area (Å²) in [6.07, 6.45) is 0.196. The second kappa shape index (κ2) is 8.86. The molecule has 6 nitrogen and oxygen atoms in total. The fourth-order valence-electron chi connectivity index (χ4n) is 3.90. The number of hydrogen-bond donors (Lipinski definition) is 0. The first-order valence-electron chi connectivity index (χ1n) is 10.7. The lowest BCUT2D eigenvalue weighted by molar-refractivity contribution is -0.117. The number of aromatic nitrogens is 2. The smallest absolute Gasteiger partial charge is 0.232 e. The summed E-state index contributed by atoms with van der Waals surface area (Å²) in [6, 6.07) is 22.2. The van der Waals surface area contributed by atoms with E-state index in [4.69, 9.17) is 9.26 Å². The SMILES string of the molecule is Cc1ccc(N2CC(c3nc(-c4ccc(OCc5ccccc5)cc4)no3)CC2=O)c(F)c1. The maximum absolute atomic E-state index is 14.4. The number of amides is 1. The third-order valence-corrected chi connectivity index (χ3v) is 5.67.